The SMILES string of the molecule is COC(Cc1[nH]c([C@@H]2CCCN2)nc1-c1ccc(-c2ccc(-c3cnc(C4CCCC4)[nH]3)cc2)cc1)OC.Cc1[nH]c(C2CCCC2)nc1-c1ccc(-c2ccc(-c3cnc(C4CCCC4)[nH]3)cc2)cc1.Cc1[nH]c(C2CCCC2)nc1-c1ccc(-c2ccc(-c3nc(C4CCCC4)[nH]c3C)cc2)cc1.c1cc(-c2cnc(C3CCCC3)[nH]2)ccc1-c1ccc(-c2nc(C3CCCC3)[nH]c2CC2OCCCO2)cc1. The molecule has 0 unspecified atom stereocenters. The molecule has 2 aliphatic heterocycles. The zero-order chi connectivity index (χ0) is 97.2. The fourth-order valence-electron chi connectivity index (χ4n) is 24.1. The van der Waals surface area contributed by atoms with E-state index < -0.39 is 0 Å². The molecule has 9 fully saturated rings. The molecule has 9 N–H and O–H groups in total. The van der Waals surface area contributed by atoms with Gasteiger partial charge in [0.1, 0.15) is 46.6 Å². The van der Waals surface area contributed by atoms with Crippen LogP contribution in [0.25, 0.3) is 135 Å². The van der Waals surface area contributed by atoms with Gasteiger partial charge in [0.25, 0.3) is 0 Å². The van der Waals surface area contributed by atoms with E-state index in [0.29, 0.717) is 54.3 Å². The van der Waals surface area contributed by atoms with Gasteiger partial charge in [-0.25, -0.2) is 39.9 Å². The topological polar surface area (TPSA) is 278 Å². The quantitative estimate of drug-likeness (QED) is 0.0228. The second-order valence-corrected chi connectivity index (χ2v) is 42.2. The molecular weight excluding hydrogens is 1780 g/mol. The van der Waals surface area contributed by atoms with Crippen LogP contribution in [-0.4, -0.2) is 126 Å². The van der Waals surface area contributed by atoms with Crippen LogP contribution in [0, 0.1) is 20.8 Å². The van der Waals surface area contributed by atoms with Crippen LogP contribution in [0.2, 0.25) is 0 Å². The molecule has 742 valence electrons. The largest absolute Gasteiger partial charge is 0.356 e. The number of nitrogens with one attached hydrogen (secondary N) is 9. The molecule has 16 aromatic rings. The van der Waals surface area contributed by atoms with Crippen LogP contribution in [0.5, 0.6) is 0 Å². The van der Waals surface area contributed by atoms with Crippen LogP contribution in [0.3, 0.4) is 0 Å². The summed E-state index contributed by atoms with van der Waals surface area (Å²) in [6, 6.07) is 70.6. The molecular formula is C123H141N17O4. The Morgan fingerprint density at radius 3 is 0.785 bits per heavy atom. The minimum atomic E-state index is -0.319. The van der Waals surface area contributed by atoms with E-state index in [1.165, 1.54) is 299 Å². The average Bonchev–Trinajstić information content (AvgIpc) is 1.65. The molecule has 25 rings (SSSR count). The monoisotopic (exact) mass is 1920 g/mol. The number of aromatic nitrogens is 16. The summed E-state index contributed by atoms with van der Waals surface area (Å²) in [5, 5.41) is 3.55. The van der Waals surface area contributed by atoms with Gasteiger partial charge in [-0.15, -0.1) is 0 Å². The van der Waals surface area contributed by atoms with Crippen molar-refractivity contribution < 1.29 is 18.9 Å². The minimum Gasteiger partial charge on any atom is -0.356 e. The lowest BCUT2D eigenvalue weighted by atomic mass is 10.00. The normalized spacial score (nSPS) is 18.0. The Labute approximate surface area is 847 Å². The predicted molar refractivity (Wildman–Crippen MR) is 576 cm³/mol. The van der Waals surface area contributed by atoms with Crippen molar-refractivity contribution >= 4 is 0 Å². The summed E-state index contributed by atoms with van der Waals surface area (Å²) in [7, 11) is 3.34. The van der Waals surface area contributed by atoms with Crippen LogP contribution >= 0.6 is 0 Å². The molecule has 8 aromatic carbocycles. The van der Waals surface area contributed by atoms with Gasteiger partial charge in [-0.05, 0) is 198 Å². The van der Waals surface area contributed by atoms with E-state index in [2.05, 4.69) is 275 Å². The summed E-state index contributed by atoms with van der Waals surface area (Å²) >= 11 is 0. The lowest BCUT2D eigenvalue weighted by Crippen LogP contribution is -2.27. The van der Waals surface area contributed by atoms with E-state index in [9.17, 15) is 0 Å². The van der Waals surface area contributed by atoms with Crippen LogP contribution in [0.15, 0.2) is 213 Å². The van der Waals surface area contributed by atoms with Gasteiger partial charge in [-0.1, -0.05) is 284 Å². The Morgan fingerprint density at radius 2 is 0.500 bits per heavy atom. The molecule has 21 heteroatoms. The van der Waals surface area contributed by atoms with Crippen molar-refractivity contribution in [2.45, 2.75) is 293 Å². The lowest BCUT2D eigenvalue weighted by Gasteiger charge is -2.23. The number of methoxy groups -OCH3 is 2. The predicted octanol–water partition coefficient (Wildman–Crippen LogP) is 30.0. The van der Waals surface area contributed by atoms with Crippen LogP contribution < -0.4 is 5.32 Å². The maximum absolute atomic E-state index is 5.88. The highest BCUT2D eigenvalue weighted by Crippen LogP contribution is 2.45. The van der Waals surface area contributed by atoms with E-state index in [4.69, 9.17) is 43.9 Å². The number of imidazole rings is 8. The zero-order valence-electron chi connectivity index (χ0n) is 84.6. The maximum atomic E-state index is 5.88. The summed E-state index contributed by atoms with van der Waals surface area (Å²) in [6.45, 7) is 8.98. The molecule has 0 amide bonds. The first-order valence-corrected chi connectivity index (χ1v) is 54.3. The summed E-state index contributed by atoms with van der Waals surface area (Å²) in [4.78, 5) is 67.7. The Hall–Kier alpha value is -12.8. The van der Waals surface area contributed by atoms with E-state index in [1.54, 1.807) is 14.2 Å². The number of aryl methyl sites for hydroxylation is 3. The number of benzene rings is 8. The molecule has 0 spiro atoms. The zero-order valence-corrected chi connectivity index (χ0v) is 84.6. The minimum absolute atomic E-state index is 0.198. The van der Waals surface area contributed by atoms with Crippen molar-refractivity contribution in [1.29, 1.82) is 0 Å². The molecule has 2 saturated heterocycles. The van der Waals surface area contributed by atoms with Gasteiger partial charge in [-0.2, -0.15) is 0 Å². The van der Waals surface area contributed by atoms with Crippen molar-refractivity contribution in [2.75, 3.05) is 34.0 Å². The molecule has 0 radical (unpaired) electrons. The summed E-state index contributed by atoms with van der Waals surface area (Å²) < 4.78 is 22.7. The van der Waals surface area contributed by atoms with E-state index in [-0.39, 0.29) is 18.6 Å². The Bertz CT molecular complexity index is 6730. The standard InChI is InChI=1S/C33H38N4O2.C31H37N5O2.C30H34N4.C29H32N4/c1-2-7-26(6-1)32-34-21-29(36-32)24-14-10-22(11-15-24)23-12-16-25(17-13-23)31-28(20-30-38-18-5-19-39-30)35-33(37-31)27-8-3-4-9-27;1-37-28(38-2)18-26-29(36-31(34-26)25-8-5-17-32-25)23-15-11-21(12-16-23)20-9-13-22(14-10-20)27-19-33-30(35-27)24-6-3-4-7-24;1-19-27(33-29(31-19)25-7-3-4-8-25)23-15-11-21(12-16-23)22-13-17-24(18-14-22)28-20(2)32-30(34-28)26-9-5-6-10-26;1-19-27(33-29(31-19)25-8-4-5-9-25)23-16-12-21(13-17-23)20-10-14-22(15-11-20)26-18-30-28(32-26)24-6-2-3-7-24/h10-17,21,26-27,30H,1-9,18-20H2,(H,34,36)(H,35,37);9-16,19,24-25,28,32H,3-8,17-18H2,1-2H3,(H,33,35)(H,34,36);11-18,25-26H,3-10H2,1-2H3,(H,31,33)(H,32,34);10-18,24-25H,2-9H2,1H3,(H,30,32)(H,31,33)/t;25-;;/m.0../s1. The lowest BCUT2D eigenvalue weighted by molar-refractivity contribution is -0.177. The summed E-state index contributed by atoms with van der Waals surface area (Å²) in [5.41, 5.74) is 33.3. The third kappa shape index (κ3) is 22.1. The number of aromatic amines is 8. The second kappa shape index (κ2) is 44.8. The summed E-state index contributed by atoms with van der Waals surface area (Å²) in [5.74, 6) is 13.3. The first-order chi connectivity index (χ1) is 70.9. The molecule has 7 saturated carbocycles. The summed E-state index contributed by atoms with van der Waals surface area (Å²) in [6.07, 6.45) is 46.0. The number of hydrogen-bond donors (Lipinski definition) is 9. The van der Waals surface area contributed by atoms with E-state index in [1.807, 2.05) is 18.6 Å². The third-order valence-corrected chi connectivity index (χ3v) is 32.5. The van der Waals surface area contributed by atoms with Gasteiger partial charge in [-0.3, -0.25) is 0 Å². The Kier molecular flexibility index (Phi) is 29.9. The number of H-pyrrole nitrogens is 8. The highest BCUT2D eigenvalue weighted by molar-refractivity contribution is 5.78. The molecule has 21 nitrogen and oxygen atoms in total. The number of ether oxygens (including phenoxy) is 4. The van der Waals surface area contributed by atoms with Crippen molar-refractivity contribution in [3.8, 4) is 135 Å². The number of nitrogens with zero attached hydrogens (tertiary/aromatic N) is 8. The Balaban J connectivity index is 0.000000110. The highest BCUT2D eigenvalue weighted by Gasteiger charge is 2.32. The van der Waals surface area contributed by atoms with Gasteiger partial charge in [0.15, 0.2) is 12.6 Å². The molecule has 7 aliphatic carbocycles. The first kappa shape index (κ1) is 96.1. The van der Waals surface area contributed by atoms with Crippen LogP contribution in [0.1, 0.15) is 322 Å². The molecule has 9 aliphatic rings. The van der Waals surface area contributed by atoms with Crippen LogP contribution in [0.4, 0.5) is 0 Å². The van der Waals surface area contributed by atoms with Crippen molar-refractivity contribution in [3.63, 3.8) is 0 Å². The molecule has 0 bridgehead atoms. The first-order valence-electron chi connectivity index (χ1n) is 54.3. The van der Waals surface area contributed by atoms with Gasteiger partial charge < -0.3 is 64.1 Å². The molecule has 1 atom stereocenters. The van der Waals surface area contributed by atoms with Crippen molar-refractivity contribution in [2.24, 2.45) is 0 Å². The Morgan fingerprint density at radius 1 is 0.257 bits per heavy atom. The maximum Gasteiger partial charge on any atom is 0.163 e. The van der Waals surface area contributed by atoms with Gasteiger partial charge >= 0.3 is 0 Å². The molecule has 144 heavy (non-hydrogen) atoms. The van der Waals surface area contributed by atoms with Gasteiger partial charge in [0.05, 0.1) is 83.4 Å². The van der Waals surface area contributed by atoms with E-state index in [0.717, 1.165) is 130 Å². The fraction of sp³-hybridized carbons (Fsp3) is 0.415. The van der Waals surface area contributed by atoms with E-state index >= 15 is 0 Å². The van der Waals surface area contributed by atoms with Gasteiger partial charge in [0, 0.05) is 125 Å². The third-order valence-electron chi connectivity index (χ3n) is 32.5. The van der Waals surface area contributed by atoms with Crippen molar-refractivity contribution in [1.82, 2.24) is 85.1 Å². The van der Waals surface area contributed by atoms with Crippen molar-refractivity contribution in [3.05, 3.63) is 288 Å². The van der Waals surface area contributed by atoms with Crippen LogP contribution in [-0.2, 0) is 31.8 Å². The van der Waals surface area contributed by atoms with Gasteiger partial charge in [0.2, 0.25) is 0 Å². The fourth-order valence-corrected chi connectivity index (χ4v) is 24.1. The average molecular weight is 1920 g/mol. The number of rotatable bonds is 26. The number of hydrogen-bond acceptors (Lipinski definition) is 13. The highest BCUT2D eigenvalue weighted by atomic mass is 16.7. The second-order valence-electron chi connectivity index (χ2n) is 42.2. The molecule has 8 aromatic heterocycles. The molecule has 10 heterocycles. The smallest absolute Gasteiger partial charge is 0.163 e.